The van der Waals surface area contributed by atoms with Crippen LogP contribution in [-0.4, -0.2) is 81.7 Å². The van der Waals surface area contributed by atoms with Crippen LogP contribution in [-0.2, 0) is 15.0 Å². The van der Waals surface area contributed by atoms with Gasteiger partial charge in [0.05, 0.1) is 33.1 Å². The third-order valence-electron chi connectivity index (χ3n) is 14.3. The average Bonchev–Trinajstić information content (AvgIpc) is 3.64. The molecule has 3 saturated heterocycles. The summed E-state index contributed by atoms with van der Waals surface area (Å²) in [4.78, 5) is 74.8. The highest BCUT2D eigenvalue weighted by Crippen LogP contribution is 2.52. The maximum absolute atomic E-state index is 13.4. The molecule has 58 heavy (non-hydrogen) atoms. The number of nitrogens with zero attached hydrogens (tertiary/aromatic N) is 5. The van der Waals surface area contributed by atoms with Gasteiger partial charge in [0.15, 0.2) is 0 Å². The van der Waals surface area contributed by atoms with E-state index in [0.717, 1.165) is 110 Å². The van der Waals surface area contributed by atoms with E-state index >= 15 is 0 Å². The van der Waals surface area contributed by atoms with E-state index in [1.54, 1.807) is 12.1 Å². The highest BCUT2D eigenvalue weighted by molar-refractivity contribution is 9.10. The molecule has 1 N–H and O–H groups in total. The molecule has 1 aromatic heterocycles. The van der Waals surface area contributed by atoms with Crippen molar-refractivity contribution in [3.63, 3.8) is 0 Å². The van der Waals surface area contributed by atoms with E-state index in [1.165, 1.54) is 36.1 Å². The molecule has 1 saturated carbocycles. The Bertz CT molecular complexity index is 2420. The predicted molar refractivity (Wildman–Crippen MR) is 225 cm³/mol. The van der Waals surface area contributed by atoms with Gasteiger partial charge in [-0.3, -0.25) is 38.8 Å². The molecule has 4 fully saturated rings. The molecule has 1 aliphatic carbocycles. The number of anilines is 1. The van der Waals surface area contributed by atoms with Crippen LogP contribution in [0.2, 0.25) is 0 Å². The summed E-state index contributed by atoms with van der Waals surface area (Å²) in [6.45, 7) is 5.13. The van der Waals surface area contributed by atoms with Crippen molar-refractivity contribution >= 4 is 56.1 Å². The van der Waals surface area contributed by atoms with Gasteiger partial charge in [-0.15, -0.1) is 0 Å². The first-order valence-corrected chi connectivity index (χ1v) is 22.2. The fourth-order valence-electron chi connectivity index (χ4n) is 11.2. The number of hydrogen-bond acceptors (Lipinski definition) is 8. The first kappa shape index (κ1) is 37.6. The van der Waals surface area contributed by atoms with Crippen LogP contribution in [0, 0.1) is 5.92 Å². The maximum atomic E-state index is 13.4. The first-order valence-electron chi connectivity index (χ1n) is 21.4. The van der Waals surface area contributed by atoms with Crippen molar-refractivity contribution < 1.29 is 19.2 Å². The van der Waals surface area contributed by atoms with Gasteiger partial charge < -0.3 is 9.80 Å². The van der Waals surface area contributed by atoms with Crippen molar-refractivity contribution in [3.8, 4) is 5.69 Å². The zero-order chi connectivity index (χ0) is 39.7. The minimum absolute atomic E-state index is 0.107. The van der Waals surface area contributed by atoms with E-state index in [2.05, 4.69) is 59.9 Å². The van der Waals surface area contributed by atoms with Crippen molar-refractivity contribution in [3.05, 3.63) is 97.5 Å². The first-order chi connectivity index (χ1) is 28.2. The summed E-state index contributed by atoms with van der Waals surface area (Å²) in [5.74, 6) is 0.220. The monoisotopic (exact) mass is 844 g/mol. The Hall–Kier alpha value is -4.68. The van der Waals surface area contributed by atoms with Crippen LogP contribution in [0.4, 0.5) is 5.69 Å². The Balaban J connectivity index is 0.738. The van der Waals surface area contributed by atoms with Crippen molar-refractivity contribution in [2.75, 3.05) is 37.6 Å². The standard InChI is InChI=1S/C46H49BrN6O5/c47-35-7-4-8-36-40(35)42(56)49-45-46(19-2-1-3-20-46)34-12-9-30(26-38(34)52(36)45)29-17-22-50(23-18-29)21-5-6-28-15-24-51(25-16-28)31-10-11-32-33(27-31)44(58)53(43(32)57)37-13-14-39(54)48-41(37)55/h4,7-12,26-29,37H,1-3,5-6,13-25H2,(H,48,54,55). The highest BCUT2D eigenvalue weighted by Gasteiger charge is 2.47. The molecule has 11 nitrogen and oxygen atoms in total. The van der Waals surface area contributed by atoms with E-state index in [9.17, 15) is 24.0 Å². The van der Waals surface area contributed by atoms with Crippen molar-refractivity contribution in [2.45, 2.75) is 101 Å². The molecule has 4 aromatic rings. The number of nitrogens with one attached hydrogen (secondary N) is 1. The molecule has 12 heteroatoms. The third-order valence-corrected chi connectivity index (χ3v) is 15.0. The number of piperidine rings is 3. The predicted octanol–water partition coefficient (Wildman–Crippen LogP) is 6.99. The Labute approximate surface area is 346 Å². The van der Waals surface area contributed by atoms with E-state index < -0.39 is 23.8 Å². The smallest absolute Gasteiger partial charge is 0.281 e. The van der Waals surface area contributed by atoms with Crippen molar-refractivity contribution in [1.29, 1.82) is 0 Å². The number of fused-ring (bicyclic) bond motifs is 8. The molecule has 6 aliphatic rings. The Morgan fingerprint density at radius 1 is 0.810 bits per heavy atom. The number of halogens is 1. The topological polar surface area (TPSA) is 125 Å². The summed E-state index contributed by atoms with van der Waals surface area (Å²) >= 11 is 3.65. The van der Waals surface area contributed by atoms with Crippen molar-refractivity contribution in [2.24, 2.45) is 5.92 Å². The zero-order valence-electron chi connectivity index (χ0n) is 32.8. The van der Waals surface area contributed by atoms with E-state index in [4.69, 9.17) is 4.98 Å². The third kappa shape index (κ3) is 6.24. The van der Waals surface area contributed by atoms with Crippen LogP contribution in [0.1, 0.15) is 127 Å². The fourth-order valence-corrected chi connectivity index (χ4v) is 11.7. The Morgan fingerprint density at radius 2 is 1.59 bits per heavy atom. The maximum Gasteiger partial charge on any atom is 0.281 e. The molecule has 3 aromatic carbocycles. The highest BCUT2D eigenvalue weighted by atomic mass is 79.9. The van der Waals surface area contributed by atoms with Crippen LogP contribution >= 0.6 is 15.9 Å². The second kappa shape index (κ2) is 14.9. The molecule has 1 spiro atoms. The summed E-state index contributed by atoms with van der Waals surface area (Å²) in [7, 11) is 0. The van der Waals surface area contributed by atoms with Crippen LogP contribution in [0.15, 0.2) is 63.9 Å². The van der Waals surface area contributed by atoms with Gasteiger partial charge in [0.1, 0.15) is 11.9 Å². The van der Waals surface area contributed by atoms with Crippen molar-refractivity contribution in [1.82, 2.24) is 24.7 Å². The molecular formula is C46H49BrN6O5. The molecule has 0 radical (unpaired) electrons. The summed E-state index contributed by atoms with van der Waals surface area (Å²) < 4.78 is 3.12. The van der Waals surface area contributed by atoms with Gasteiger partial charge in [-0.05, 0) is 153 Å². The summed E-state index contributed by atoms with van der Waals surface area (Å²) in [5.41, 5.74) is 6.17. The summed E-state index contributed by atoms with van der Waals surface area (Å²) in [6.07, 6.45) is 12.7. The minimum atomic E-state index is -0.953. The zero-order valence-corrected chi connectivity index (χ0v) is 34.4. The van der Waals surface area contributed by atoms with Gasteiger partial charge in [-0.2, -0.15) is 4.98 Å². The molecule has 300 valence electrons. The van der Waals surface area contributed by atoms with Gasteiger partial charge in [0.25, 0.3) is 17.4 Å². The lowest BCUT2D eigenvalue weighted by atomic mass is 9.69. The van der Waals surface area contributed by atoms with Gasteiger partial charge in [-0.25, -0.2) is 0 Å². The van der Waals surface area contributed by atoms with E-state index in [0.29, 0.717) is 28.3 Å². The number of benzene rings is 3. The van der Waals surface area contributed by atoms with Crippen LogP contribution < -0.4 is 15.8 Å². The lowest BCUT2D eigenvalue weighted by molar-refractivity contribution is -0.136. The molecule has 4 amide bonds. The molecule has 10 rings (SSSR count). The molecular weight excluding hydrogens is 796 g/mol. The summed E-state index contributed by atoms with van der Waals surface area (Å²) in [5, 5.41) is 2.92. The number of amides is 4. The molecule has 6 heterocycles. The number of aromatic nitrogens is 2. The molecule has 0 bridgehead atoms. The van der Waals surface area contributed by atoms with E-state index in [1.807, 2.05) is 18.2 Å². The summed E-state index contributed by atoms with van der Waals surface area (Å²) in [6, 6.07) is 17.7. The number of rotatable bonds is 7. The number of likely N-dealkylation sites (tertiary alicyclic amines) is 1. The molecule has 5 aliphatic heterocycles. The van der Waals surface area contributed by atoms with Crippen LogP contribution in [0.3, 0.4) is 0 Å². The Morgan fingerprint density at radius 3 is 2.36 bits per heavy atom. The van der Waals surface area contributed by atoms with E-state index in [-0.39, 0.29) is 29.7 Å². The van der Waals surface area contributed by atoms with Gasteiger partial charge in [0.2, 0.25) is 11.8 Å². The van der Waals surface area contributed by atoms with Crippen LogP contribution in [0.25, 0.3) is 16.6 Å². The second-order valence-electron chi connectivity index (χ2n) is 17.5. The fraction of sp³-hybridized carbons (Fsp3) is 0.478. The molecule has 1 unspecified atom stereocenters. The normalized spacial score (nSPS) is 22.5. The Kier molecular flexibility index (Phi) is 9.62. The number of imide groups is 2. The lowest BCUT2D eigenvalue weighted by Crippen LogP contribution is -2.54. The number of carbonyl (C=O) groups excluding carboxylic acids is 4. The SMILES string of the molecule is O=C1CCC(N2C(=O)c3ccc(N4CCC(CCCN5CCC(c6ccc7c(c6)-n6c(nc(=O)c8c(Br)cccc86)C76CCCCC6)CC5)CC4)cc3C2=O)C(=O)N1. The lowest BCUT2D eigenvalue weighted by Gasteiger charge is -2.35. The van der Waals surface area contributed by atoms with Gasteiger partial charge >= 0.3 is 0 Å². The average molecular weight is 846 g/mol. The molecule has 1 atom stereocenters. The van der Waals surface area contributed by atoms with Gasteiger partial charge in [0, 0.05) is 29.7 Å². The van der Waals surface area contributed by atoms with Gasteiger partial charge in [-0.1, -0.05) is 37.5 Å². The largest absolute Gasteiger partial charge is 0.371 e. The minimum Gasteiger partial charge on any atom is -0.371 e. The number of hydrogen-bond donors (Lipinski definition) is 1. The second-order valence-corrected chi connectivity index (χ2v) is 18.3. The van der Waals surface area contributed by atoms with Crippen LogP contribution in [0.5, 0.6) is 0 Å². The number of carbonyl (C=O) groups is 4. The quantitative estimate of drug-likeness (QED) is 0.198.